The number of hydrogen-bond acceptors (Lipinski definition) is 3. The Bertz CT molecular complexity index is 428. The van der Waals surface area contributed by atoms with Gasteiger partial charge in [0.25, 0.3) is 0 Å². The molecule has 1 aromatic carbocycles. The minimum absolute atomic E-state index is 0.494. The van der Waals surface area contributed by atoms with E-state index in [1.165, 1.54) is 32.1 Å². The van der Waals surface area contributed by atoms with Gasteiger partial charge in [-0.25, -0.2) is 0 Å². The Morgan fingerprint density at radius 1 is 1.26 bits per heavy atom. The van der Waals surface area contributed by atoms with Crippen LogP contribution in [0.15, 0.2) is 18.2 Å². The van der Waals surface area contributed by atoms with Crippen LogP contribution < -0.4 is 11.1 Å². The summed E-state index contributed by atoms with van der Waals surface area (Å²) in [4.78, 5) is 2.57. The first-order chi connectivity index (χ1) is 9.15. The molecule has 2 atom stereocenters. The summed E-state index contributed by atoms with van der Waals surface area (Å²) in [5.41, 5.74) is 7.68. The number of nitrogen functional groups attached to an aromatic ring is 1. The van der Waals surface area contributed by atoms with Gasteiger partial charge >= 0.3 is 0 Å². The molecule has 3 rings (SSSR count). The lowest BCUT2D eigenvalue weighted by Gasteiger charge is -2.47. The highest BCUT2D eigenvalue weighted by atomic mass is 35.5. The third-order valence-electron chi connectivity index (χ3n) is 4.73. The van der Waals surface area contributed by atoms with Crippen LogP contribution in [0.4, 0.5) is 11.4 Å². The Balaban J connectivity index is 1.74. The second kappa shape index (κ2) is 5.22. The maximum atomic E-state index is 6.25. The van der Waals surface area contributed by atoms with E-state index in [0.29, 0.717) is 18.1 Å². The minimum atomic E-state index is 0.494. The van der Waals surface area contributed by atoms with Gasteiger partial charge in [0.15, 0.2) is 0 Å². The second-order valence-corrected chi connectivity index (χ2v) is 6.33. The molecule has 2 heterocycles. The number of rotatable bonds is 2. The molecule has 0 aliphatic carbocycles. The smallest absolute Gasteiger partial charge is 0.0765 e. The maximum Gasteiger partial charge on any atom is 0.0765 e. The highest BCUT2D eigenvalue weighted by Gasteiger charge is 2.36. The molecule has 2 aliphatic rings. The number of nitrogens with zero attached hydrogens (tertiary/aromatic N) is 1. The standard InChI is InChI=1S/C15H22ClN3/c1-19-11-4-2-5-12(19)9-10(8-11)18-15-13(16)6-3-7-14(15)17/h3,6-7,10-12,18H,2,4-5,8-9,17H2,1H3. The van der Waals surface area contributed by atoms with Gasteiger partial charge in [-0.1, -0.05) is 24.1 Å². The molecule has 0 radical (unpaired) electrons. The summed E-state index contributed by atoms with van der Waals surface area (Å²) in [6.45, 7) is 0. The van der Waals surface area contributed by atoms with Gasteiger partial charge in [0.2, 0.25) is 0 Å². The molecular formula is C15H22ClN3. The van der Waals surface area contributed by atoms with Gasteiger partial charge in [-0.3, -0.25) is 0 Å². The van der Waals surface area contributed by atoms with Crippen molar-refractivity contribution in [2.75, 3.05) is 18.1 Å². The Morgan fingerprint density at radius 2 is 1.95 bits per heavy atom. The minimum Gasteiger partial charge on any atom is -0.397 e. The predicted molar refractivity (Wildman–Crippen MR) is 81.7 cm³/mol. The summed E-state index contributed by atoms with van der Waals surface area (Å²) in [7, 11) is 2.27. The molecule has 2 aliphatic heterocycles. The fraction of sp³-hybridized carbons (Fsp3) is 0.600. The van der Waals surface area contributed by atoms with Crippen LogP contribution in [0, 0.1) is 0 Å². The van der Waals surface area contributed by atoms with Gasteiger partial charge in [-0.15, -0.1) is 0 Å². The zero-order valence-corrected chi connectivity index (χ0v) is 12.2. The van der Waals surface area contributed by atoms with E-state index < -0.39 is 0 Å². The van der Waals surface area contributed by atoms with Crippen LogP contribution in [0.2, 0.25) is 5.02 Å². The monoisotopic (exact) mass is 279 g/mol. The van der Waals surface area contributed by atoms with Crippen molar-refractivity contribution in [3.05, 3.63) is 23.2 Å². The average molecular weight is 280 g/mol. The zero-order chi connectivity index (χ0) is 13.4. The van der Waals surface area contributed by atoms with Crippen molar-refractivity contribution in [3.63, 3.8) is 0 Å². The van der Waals surface area contributed by atoms with Gasteiger partial charge < -0.3 is 16.0 Å². The van der Waals surface area contributed by atoms with E-state index in [9.17, 15) is 0 Å². The van der Waals surface area contributed by atoms with E-state index in [0.717, 1.165) is 16.4 Å². The lowest BCUT2D eigenvalue weighted by atomic mass is 9.82. The van der Waals surface area contributed by atoms with Crippen molar-refractivity contribution in [1.29, 1.82) is 0 Å². The SMILES string of the molecule is CN1C2CCCC1CC(Nc1c(N)cccc1Cl)C2. The molecule has 1 aromatic rings. The molecule has 0 saturated carbocycles. The first-order valence-electron chi connectivity index (χ1n) is 7.17. The number of halogens is 1. The molecule has 2 unspecified atom stereocenters. The first kappa shape index (κ1) is 13.1. The average Bonchev–Trinajstić information content (AvgIpc) is 2.35. The molecule has 3 nitrogen and oxygen atoms in total. The molecule has 0 spiro atoms. The molecule has 19 heavy (non-hydrogen) atoms. The highest BCUT2D eigenvalue weighted by molar-refractivity contribution is 6.33. The van der Waals surface area contributed by atoms with Crippen LogP contribution in [-0.4, -0.2) is 30.1 Å². The van der Waals surface area contributed by atoms with Crippen molar-refractivity contribution >= 4 is 23.0 Å². The number of fused-ring (bicyclic) bond motifs is 2. The van der Waals surface area contributed by atoms with Crippen molar-refractivity contribution in [1.82, 2.24) is 4.90 Å². The normalized spacial score (nSPS) is 31.2. The molecule has 4 heteroatoms. The van der Waals surface area contributed by atoms with Crippen molar-refractivity contribution < 1.29 is 0 Å². The summed E-state index contributed by atoms with van der Waals surface area (Å²) >= 11 is 6.25. The third-order valence-corrected chi connectivity index (χ3v) is 5.05. The number of hydrogen-bond donors (Lipinski definition) is 2. The molecule has 2 fully saturated rings. The molecule has 0 aromatic heterocycles. The number of anilines is 2. The summed E-state index contributed by atoms with van der Waals surface area (Å²) in [6, 6.07) is 7.63. The first-order valence-corrected chi connectivity index (χ1v) is 7.55. The Kier molecular flexibility index (Phi) is 3.59. The van der Waals surface area contributed by atoms with Crippen molar-refractivity contribution in [3.8, 4) is 0 Å². The van der Waals surface area contributed by atoms with Crippen LogP contribution in [0.3, 0.4) is 0 Å². The molecule has 2 bridgehead atoms. The van der Waals surface area contributed by atoms with E-state index in [-0.39, 0.29) is 0 Å². The van der Waals surface area contributed by atoms with Crippen LogP contribution in [0.1, 0.15) is 32.1 Å². The zero-order valence-electron chi connectivity index (χ0n) is 11.4. The van der Waals surface area contributed by atoms with E-state index in [1.807, 2.05) is 18.2 Å². The van der Waals surface area contributed by atoms with Gasteiger partial charge in [-0.05, 0) is 44.9 Å². The third kappa shape index (κ3) is 2.54. The van der Waals surface area contributed by atoms with E-state index >= 15 is 0 Å². The number of para-hydroxylation sites is 1. The van der Waals surface area contributed by atoms with Crippen LogP contribution in [-0.2, 0) is 0 Å². The lowest BCUT2D eigenvalue weighted by molar-refractivity contribution is 0.0608. The highest BCUT2D eigenvalue weighted by Crippen LogP contribution is 2.36. The molecular weight excluding hydrogens is 258 g/mol. The summed E-state index contributed by atoms with van der Waals surface area (Å²) in [5, 5.41) is 4.31. The largest absolute Gasteiger partial charge is 0.397 e. The van der Waals surface area contributed by atoms with Gasteiger partial charge in [0.05, 0.1) is 16.4 Å². The van der Waals surface area contributed by atoms with Crippen LogP contribution in [0.25, 0.3) is 0 Å². The van der Waals surface area contributed by atoms with Gasteiger partial charge in [0.1, 0.15) is 0 Å². The van der Waals surface area contributed by atoms with E-state index in [2.05, 4.69) is 17.3 Å². The molecule has 104 valence electrons. The molecule has 2 saturated heterocycles. The number of nitrogens with two attached hydrogens (primary N) is 1. The lowest BCUT2D eigenvalue weighted by Crippen LogP contribution is -2.52. The predicted octanol–water partition coefficient (Wildman–Crippen LogP) is 3.35. The fourth-order valence-electron chi connectivity index (χ4n) is 3.63. The Hall–Kier alpha value is -0.930. The maximum absolute atomic E-state index is 6.25. The Morgan fingerprint density at radius 3 is 2.58 bits per heavy atom. The van der Waals surface area contributed by atoms with Gasteiger partial charge in [0, 0.05) is 18.1 Å². The molecule has 0 amide bonds. The second-order valence-electron chi connectivity index (χ2n) is 5.92. The summed E-state index contributed by atoms with van der Waals surface area (Å²) < 4.78 is 0. The van der Waals surface area contributed by atoms with Crippen LogP contribution >= 0.6 is 11.6 Å². The molecule has 3 N–H and O–H groups in total. The Labute approximate surface area is 120 Å². The summed E-state index contributed by atoms with van der Waals surface area (Å²) in [5.74, 6) is 0. The number of nitrogens with one attached hydrogen (secondary N) is 1. The number of piperidine rings is 2. The van der Waals surface area contributed by atoms with Crippen molar-refractivity contribution in [2.45, 2.75) is 50.2 Å². The van der Waals surface area contributed by atoms with Crippen molar-refractivity contribution in [2.24, 2.45) is 0 Å². The van der Waals surface area contributed by atoms with E-state index in [4.69, 9.17) is 17.3 Å². The van der Waals surface area contributed by atoms with Crippen LogP contribution in [0.5, 0.6) is 0 Å². The quantitative estimate of drug-likeness (QED) is 0.816. The van der Waals surface area contributed by atoms with Gasteiger partial charge in [-0.2, -0.15) is 0 Å². The van der Waals surface area contributed by atoms with E-state index in [1.54, 1.807) is 0 Å². The number of benzene rings is 1. The fourth-order valence-corrected chi connectivity index (χ4v) is 3.87. The summed E-state index contributed by atoms with van der Waals surface area (Å²) in [6.07, 6.45) is 6.41. The topological polar surface area (TPSA) is 41.3 Å².